The molecule has 1 N–H and O–H groups in total. The number of carbonyl (C=O) groups is 1. The Bertz CT molecular complexity index is 708. The van der Waals surface area contributed by atoms with Gasteiger partial charge >= 0.3 is 0 Å². The molecule has 2 aromatic rings. The molecule has 1 unspecified atom stereocenters. The van der Waals surface area contributed by atoms with E-state index < -0.39 is 0 Å². The molecule has 0 saturated heterocycles. The van der Waals surface area contributed by atoms with Crippen molar-refractivity contribution in [1.82, 2.24) is 0 Å². The van der Waals surface area contributed by atoms with Gasteiger partial charge in [0.05, 0.1) is 0 Å². The first-order chi connectivity index (χ1) is 11.0. The van der Waals surface area contributed by atoms with Crippen LogP contribution < -0.4 is 5.32 Å². The summed E-state index contributed by atoms with van der Waals surface area (Å²) in [5.74, 6) is 0.319. The Kier molecular flexibility index (Phi) is 6.26. The van der Waals surface area contributed by atoms with E-state index in [2.05, 4.69) is 19.2 Å². The second-order valence-corrected chi connectivity index (χ2v) is 6.26. The molecule has 2 rings (SSSR count). The number of benzene rings is 2. The molecular weight excluding hydrogens is 329 g/mol. The standard InChI is InChI=1S/C19H19Cl2NO/c1-3-13(2)14-5-9-17(10-6-14)22-19(23)11-7-15-4-8-16(20)12-18(15)21/h4-13H,3H2,1-2H3,(H,22,23). The first kappa shape index (κ1) is 17.6. The van der Waals surface area contributed by atoms with Gasteiger partial charge in [-0.05, 0) is 53.8 Å². The number of carbonyl (C=O) groups excluding carboxylic acids is 1. The number of rotatable bonds is 5. The summed E-state index contributed by atoms with van der Waals surface area (Å²) in [6, 6.07) is 13.1. The first-order valence-electron chi connectivity index (χ1n) is 7.53. The fourth-order valence-electron chi connectivity index (χ4n) is 2.12. The molecule has 2 aromatic carbocycles. The van der Waals surface area contributed by atoms with Crippen LogP contribution in [-0.2, 0) is 4.79 Å². The van der Waals surface area contributed by atoms with Gasteiger partial charge in [-0.25, -0.2) is 0 Å². The number of hydrogen-bond donors (Lipinski definition) is 1. The van der Waals surface area contributed by atoms with Crippen molar-refractivity contribution >= 4 is 40.9 Å². The minimum Gasteiger partial charge on any atom is -0.323 e. The van der Waals surface area contributed by atoms with E-state index in [0.717, 1.165) is 17.7 Å². The van der Waals surface area contributed by atoms with Gasteiger partial charge in [-0.3, -0.25) is 4.79 Å². The summed E-state index contributed by atoms with van der Waals surface area (Å²) in [7, 11) is 0. The zero-order valence-corrected chi connectivity index (χ0v) is 14.7. The fourth-order valence-corrected chi connectivity index (χ4v) is 2.59. The molecule has 0 bridgehead atoms. The summed E-state index contributed by atoms with van der Waals surface area (Å²) < 4.78 is 0. The zero-order valence-electron chi connectivity index (χ0n) is 13.1. The van der Waals surface area contributed by atoms with Crippen molar-refractivity contribution in [3.63, 3.8) is 0 Å². The molecule has 0 heterocycles. The Balaban J connectivity index is 2.00. The Morgan fingerprint density at radius 3 is 2.48 bits per heavy atom. The molecule has 0 radical (unpaired) electrons. The highest BCUT2D eigenvalue weighted by molar-refractivity contribution is 6.35. The lowest BCUT2D eigenvalue weighted by molar-refractivity contribution is -0.111. The Hall–Kier alpha value is -1.77. The van der Waals surface area contributed by atoms with Crippen LogP contribution in [0.2, 0.25) is 10.0 Å². The molecule has 2 nitrogen and oxygen atoms in total. The van der Waals surface area contributed by atoms with Gasteiger partial charge in [-0.2, -0.15) is 0 Å². The van der Waals surface area contributed by atoms with Gasteiger partial charge < -0.3 is 5.32 Å². The summed E-state index contributed by atoms with van der Waals surface area (Å²) in [6.45, 7) is 4.35. The fraction of sp³-hybridized carbons (Fsp3) is 0.211. The second kappa shape index (κ2) is 8.19. The highest BCUT2D eigenvalue weighted by atomic mass is 35.5. The Morgan fingerprint density at radius 1 is 1.17 bits per heavy atom. The third-order valence-corrected chi connectivity index (χ3v) is 4.30. The van der Waals surface area contributed by atoms with Crippen molar-refractivity contribution in [2.24, 2.45) is 0 Å². The van der Waals surface area contributed by atoms with E-state index in [1.807, 2.05) is 24.3 Å². The van der Waals surface area contributed by atoms with Crippen LogP contribution in [0.25, 0.3) is 6.08 Å². The van der Waals surface area contributed by atoms with Gasteiger partial charge in [-0.15, -0.1) is 0 Å². The minimum absolute atomic E-state index is 0.202. The van der Waals surface area contributed by atoms with Crippen LogP contribution in [-0.4, -0.2) is 5.91 Å². The van der Waals surface area contributed by atoms with Crippen molar-refractivity contribution in [2.45, 2.75) is 26.2 Å². The number of hydrogen-bond acceptors (Lipinski definition) is 1. The summed E-state index contributed by atoms with van der Waals surface area (Å²) >= 11 is 11.9. The average molecular weight is 348 g/mol. The molecule has 120 valence electrons. The molecule has 0 aliphatic carbocycles. The summed E-state index contributed by atoms with van der Waals surface area (Å²) in [6.07, 6.45) is 4.22. The molecule has 0 spiro atoms. The maximum Gasteiger partial charge on any atom is 0.248 e. The molecule has 0 aliphatic heterocycles. The molecule has 4 heteroatoms. The van der Waals surface area contributed by atoms with Gasteiger partial charge in [0.1, 0.15) is 0 Å². The smallest absolute Gasteiger partial charge is 0.248 e. The van der Waals surface area contributed by atoms with Crippen molar-refractivity contribution < 1.29 is 4.79 Å². The van der Waals surface area contributed by atoms with Crippen LogP contribution in [0.15, 0.2) is 48.5 Å². The largest absolute Gasteiger partial charge is 0.323 e. The molecule has 0 fully saturated rings. The maximum absolute atomic E-state index is 12.0. The monoisotopic (exact) mass is 347 g/mol. The van der Waals surface area contributed by atoms with Gasteiger partial charge in [0.25, 0.3) is 0 Å². The van der Waals surface area contributed by atoms with E-state index in [0.29, 0.717) is 16.0 Å². The Morgan fingerprint density at radius 2 is 1.87 bits per heavy atom. The topological polar surface area (TPSA) is 29.1 Å². The van der Waals surface area contributed by atoms with Crippen molar-refractivity contribution in [3.8, 4) is 0 Å². The number of anilines is 1. The van der Waals surface area contributed by atoms with E-state index in [1.165, 1.54) is 11.6 Å². The first-order valence-corrected chi connectivity index (χ1v) is 8.29. The lowest BCUT2D eigenvalue weighted by Crippen LogP contribution is -2.07. The van der Waals surface area contributed by atoms with Crippen LogP contribution in [0.4, 0.5) is 5.69 Å². The van der Waals surface area contributed by atoms with Crippen molar-refractivity contribution in [3.05, 3.63) is 69.7 Å². The van der Waals surface area contributed by atoms with Gasteiger partial charge in [-0.1, -0.05) is 55.2 Å². The summed E-state index contributed by atoms with van der Waals surface area (Å²) in [5, 5.41) is 3.91. The molecule has 0 aliphatic rings. The van der Waals surface area contributed by atoms with Crippen LogP contribution in [0.5, 0.6) is 0 Å². The number of amides is 1. The number of nitrogens with one attached hydrogen (secondary N) is 1. The summed E-state index contributed by atoms with van der Waals surface area (Å²) in [5.41, 5.74) is 2.79. The highest BCUT2D eigenvalue weighted by Crippen LogP contribution is 2.22. The lowest BCUT2D eigenvalue weighted by atomic mass is 9.99. The molecule has 1 amide bonds. The Labute approximate surface area is 147 Å². The molecular formula is C19H19Cl2NO. The molecule has 0 saturated carbocycles. The van der Waals surface area contributed by atoms with Gasteiger partial charge in [0.15, 0.2) is 0 Å². The van der Waals surface area contributed by atoms with E-state index in [1.54, 1.807) is 24.3 Å². The molecule has 23 heavy (non-hydrogen) atoms. The third-order valence-electron chi connectivity index (χ3n) is 3.74. The van der Waals surface area contributed by atoms with Crippen LogP contribution in [0.1, 0.15) is 37.3 Å². The molecule has 0 aromatic heterocycles. The van der Waals surface area contributed by atoms with Gasteiger partial charge in [0.2, 0.25) is 5.91 Å². The lowest BCUT2D eigenvalue weighted by Gasteiger charge is -2.09. The van der Waals surface area contributed by atoms with Crippen molar-refractivity contribution in [2.75, 3.05) is 5.32 Å². The predicted molar refractivity (Wildman–Crippen MR) is 99.3 cm³/mol. The normalized spacial score (nSPS) is 12.3. The number of halogens is 2. The average Bonchev–Trinajstić information content (AvgIpc) is 2.54. The van der Waals surface area contributed by atoms with Gasteiger partial charge in [0, 0.05) is 21.8 Å². The SMILES string of the molecule is CCC(C)c1ccc(NC(=O)C=Cc2ccc(Cl)cc2Cl)cc1. The van der Waals surface area contributed by atoms with E-state index in [4.69, 9.17) is 23.2 Å². The quantitative estimate of drug-likeness (QED) is 0.644. The zero-order chi connectivity index (χ0) is 16.8. The maximum atomic E-state index is 12.0. The van der Waals surface area contributed by atoms with Crippen LogP contribution in [0, 0.1) is 0 Å². The molecule has 1 atom stereocenters. The second-order valence-electron chi connectivity index (χ2n) is 5.42. The third kappa shape index (κ3) is 5.12. The van der Waals surface area contributed by atoms with Crippen molar-refractivity contribution in [1.29, 1.82) is 0 Å². The summed E-state index contributed by atoms with van der Waals surface area (Å²) in [4.78, 5) is 12.0. The van der Waals surface area contributed by atoms with E-state index >= 15 is 0 Å². The van der Waals surface area contributed by atoms with Crippen LogP contribution in [0.3, 0.4) is 0 Å². The van der Waals surface area contributed by atoms with E-state index in [-0.39, 0.29) is 5.91 Å². The minimum atomic E-state index is -0.202. The highest BCUT2D eigenvalue weighted by Gasteiger charge is 2.04. The predicted octanol–water partition coefficient (Wildman–Crippen LogP) is 6.16. The van der Waals surface area contributed by atoms with Crippen LogP contribution >= 0.6 is 23.2 Å². The van der Waals surface area contributed by atoms with E-state index in [9.17, 15) is 4.79 Å².